The highest BCUT2D eigenvalue weighted by molar-refractivity contribution is 5.81. The maximum atomic E-state index is 2.64. The second-order valence-electron chi connectivity index (χ2n) is 13.0. The molecule has 0 aliphatic heterocycles. The molecular formula is C39H56. The molecule has 0 heteroatoms. The standard InChI is InChI=1S/C39H56/c1-7-11-15-25-33-29(21-13-9-3)31-23-17-19-27-35(31)37(33)39(5,6)38-34(26-16-12-8-2)30(22-14-10-4)32-24-18-20-28-36(32)38/h17-20,23-24,27-28,37-38H,7-16,21-22,25-26H2,1-6H3. The minimum absolute atomic E-state index is 0.122. The lowest BCUT2D eigenvalue weighted by molar-refractivity contribution is 0.266. The second-order valence-corrected chi connectivity index (χ2v) is 13.0. The molecule has 0 bridgehead atoms. The van der Waals surface area contributed by atoms with Gasteiger partial charge in [0.15, 0.2) is 0 Å². The first-order chi connectivity index (χ1) is 19.0. The minimum Gasteiger partial charge on any atom is -0.0654 e. The van der Waals surface area contributed by atoms with E-state index in [0.29, 0.717) is 11.8 Å². The van der Waals surface area contributed by atoms with Crippen LogP contribution in [0.25, 0.3) is 11.1 Å². The first-order valence-electron chi connectivity index (χ1n) is 16.6. The third kappa shape index (κ3) is 6.16. The second kappa shape index (κ2) is 14.0. The van der Waals surface area contributed by atoms with Gasteiger partial charge in [0.1, 0.15) is 0 Å². The number of benzene rings is 2. The fourth-order valence-corrected chi connectivity index (χ4v) is 8.00. The first-order valence-corrected chi connectivity index (χ1v) is 16.6. The van der Waals surface area contributed by atoms with Crippen LogP contribution < -0.4 is 0 Å². The molecule has 2 atom stereocenters. The van der Waals surface area contributed by atoms with Crippen molar-refractivity contribution in [1.29, 1.82) is 0 Å². The number of hydrogen-bond donors (Lipinski definition) is 0. The molecule has 0 N–H and O–H groups in total. The van der Waals surface area contributed by atoms with Crippen molar-refractivity contribution in [2.45, 2.75) is 143 Å². The molecule has 4 rings (SSSR count). The summed E-state index contributed by atoms with van der Waals surface area (Å²) in [5, 5.41) is 0. The van der Waals surface area contributed by atoms with Gasteiger partial charge in [-0.1, -0.05) is 140 Å². The Bertz CT molecular complexity index is 1050. The summed E-state index contributed by atoms with van der Waals surface area (Å²) < 4.78 is 0. The van der Waals surface area contributed by atoms with Gasteiger partial charge in [0.25, 0.3) is 0 Å². The average Bonchev–Trinajstić information content (AvgIpc) is 3.43. The molecule has 212 valence electrons. The highest BCUT2D eigenvalue weighted by Gasteiger charge is 2.48. The number of allylic oxidation sites excluding steroid dienone is 4. The monoisotopic (exact) mass is 524 g/mol. The zero-order valence-corrected chi connectivity index (χ0v) is 26.2. The lowest BCUT2D eigenvalue weighted by atomic mass is 9.61. The molecule has 0 heterocycles. The van der Waals surface area contributed by atoms with Gasteiger partial charge in [-0.15, -0.1) is 0 Å². The van der Waals surface area contributed by atoms with E-state index in [1.165, 1.54) is 89.9 Å². The lowest BCUT2D eigenvalue weighted by Crippen LogP contribution is -2.31. The smallest absolute Gasteiger partial charge is 0.0120 e. The summed E-state index contributed by atoms with van der Waals surface area (Å²) in [4.78, 5) is 0. The minimum atomic E-state index is 0.122. The van der Waals surface area contributed by atoms with Gasteiger partial charge in [-0.3, -0.25) is 0 Å². The van der Waals surface area contributed by atoms with E-state index < -0.39 is 0 Å². The van der Waals surface area contributed by atoms with E-state index in [1.807, 2.05) is 0 Å². The average molecular weight is 525 g/mol. The van der Waals surface area contributed by atoms with Crippen LogP contribution in [0.5, 0.6) is 0 Å². The molecule has 0 saturated heterocycles. The summed E-state index contributed by atoms with van der Waals surface area (Å²) in [6, 6.07) is 19.1. The number of rotatable bonds is 16. The predicted molar refractivity (Wildman–Crippen MR) is 173 cm³/mol. The van der Waals surface area contributed by atoms with Gasteiger partial charge in [-0.25, -0.2) is 0 Å². The summed E-state index contributed by atoms with van der Waals surface area (Å²) in [5.41, 5.74) is 13.5. The number of fused-ring (bicyclic) bond motifs is 2. The Hall–Kier alpha value is -2.08. The third-order valence-electron chi connectivity index (χ3n) is 9.81. The van der Waals surface area contributed by atoms with Crippen LogP contribution in [0.15, 0.2) is 59.7 Å². The zero-order valence-electron chi connectivity index (χ0n) is 26.2. The van der Waals surface area contributed by atoms with Crippen LogP contribution in [-0.2, 0) is 0 Å². The van der Waals surface area contributed by atoms with Crippen molar-refractivity contribution in [3.8, 4) is 0 Å². The van der Waals surface area contributed by atoms with Crippen molar-refractivity contribution in [3.05, 3.63) is 81.9 Å². The molecular weight excluding hydrogens is 468 g/mol. The Morgan fingerprint density at radius 2 is 0.872 bits per heavy atom. The lowest BCUT2D eigenvalue weighted by Gasteiger charge is -2.42. The third-order valence-corrected chi connectivity index (χ3v) is 9.81. The van der Waals surface area contributed by atoms with Gasteiger partial charge in [0, 0.05) is 11.8 Å². The van der Waals surface area contributed by atoms with E-state index in [2.05, 4.69) is 90.1 Å². The SMILES string of the molecule is CCCCCC1=C(CCCC)c2ccccc2C1C(C)(C)C1C(CCCCC)=C(CCCC)c2ccccc21. The summed E-state index contributed by atoms with van der Waals surface area (Å²) in [6.07, 6.45) is 18.0. The van der Waals surface area contributed by atoms with Crippen molar-refractivity contribution >= 4 is 11.1 Å². The number of unbranched alkanes of at least 4 members (excludes halogenated alkanes) is 6. The van der Waals surface area contributed by atoms with Crippen LogP contribution in [0.4, 0.5) is 0 Å². The van der Waals surface area contributed by atoms with Crippen LogP contribution in [0, 0.1) is 5.41 Å². The Balaban J connectivity index is 1.86. The van der Waals surface area contributed by atoms with E-state index in [0.717, 1.165) is 0 Å². The largest absolute Gasteiger partial charge is 0.0654 e. The summed E-state index contributed by atoms with van der Waals surface area (Å²) in [6.45, 7) is 14.7. The van der Waals surface area contributed by atoms with Gasteiger partial charge in [0.2, 0.25) is 0 Å². The first kappa shape index (κ1) is 29.9. The van der Waals surface area contributed by atoms with E-state index in [-0.39, 0.29) is 5.41 Å². The molecule has 0 nitrogen and oxygen atoms in total. The van der Waals surface area contributed by atoms with E-state index >= 15 is 0 Å². The molecule has 0 fully saturated rings. The van der Waals surface area contributed by atoms with Crippen molar-refractivity contribution < 1.29 is 0 Å². The molecule has 2 aromatic rings. The van der Waals surface area contributed by atoms with E-state index in [1.54, 1.807) is 44.5 Å². The summed E-state index contributed by atoms with van der Waals surface area (Å²) in [7, 11) is 0. The summed E-state index contributed by atoms with van der Waals surface area (Å²) in [5.74, 6) is 1.00. The molecule has 39 heavy (non-hydrogen) atoms. The normalized spacial score (nSPS) is 18.7. The zero-order chi connectivity index (χ0) is 27.8. The van der Waals surface area contributed by atoms with E-state index in [4.69, 9.17) is 0 Å². The van der Waals surface area contributed by atoms with Crippen LogP contribution in [0.3, 0.4) is 0 Å². The Kier molecular flexibility index (Phi) is 10.7. The molecule has 2 aliphatic carbocycles. The van der Waals surface area contributed by atoms with Crippen molar-refractivity contribution in [2.24, 2.45) is 5.41 Å². The molecule has 2 aliphatic rings. The van der Waals surface area contributed by atoms with Crippen LogP contribution in [-0.4, -0.2) is 0 Å². The molecule has 0 amide bonds. The molecule has 0 aromatic heterocycles. The van der Waals surface area contributed by atoms with E-state index in [9.17, 15) is 0 Å². The van der Waals surface area contributed by atoms with Crippen LogP contribution in [0.1, 0.15) is 166 Å². The van der Waals surface area contributed by atoms with Crippen LogP contribution >= 0.6 is 0 Å². The van der Waals surface area contributed by atoms with Crippen molar-refractivity contribution in [3.63, 3.8) is 0 Å². The fraction of sp³-hybridized carbons (Fsp3) is 0.590. The molecule has 0 saturated carbocycles. The molecule has 2 unspecified atom stereocenters. The number of hydrogen-bond acceptors (Lipinski definition) is 0. The van der Waals surface area contributed by atoms with Crippen molar-refractivity contribution in [1.82, 2.24) is 0 Å². The molecule has 0 spiro atoms. The quantitative estimate of drug-likeness (QED) is 0.192. The Morgan fingerprint density at radius 1 is 0.487 bits per heavy atom. The van der Waals surface area contributed by atoms with Crippen LogP contribution in [0.2, 0.25) is 0 Å². The summed E-state index contributed by atoms with van der Waals surface area (Å²) >= 11 is 0. The molecule has 0 radical (unpaired) electrons. The highest BCUT2D eigenvalue weighted by Crippen LogP contribution is 2.63. The molecule has 2 aromatic carbocycles. The topological polar surface area (TPSA) is 0 Å². The van der Waals surface area contributed by atoms with Gasteiger partial charge in [-0.05, 0) is 90.2 Å². The van der Waals surface area contributed by atoms with Gasteiger partial charge < -0.3 is 0 Å². The highest BCUT2D eigenvalue weighted by atomic mass is 14.5. The Morgan fingerprint density at radius 3 is 1.26 bits per heavy atom. The van der Waals surface area contributed by atoms with Gasteiger partial charge >= 0.3 is 0 Å². The van der Waals surface area contributed by atoms with Crippen molar-refractivity contribution in [2.75, 3.05) is 0 Å². The maximum Gasteiger partial charge on any atom is 0.0120 e. The van der Waals surface area contributed by atoms with Gasteiger partial charge in [0.05, 0.1) is 0 Å². The maximum absolute atomic E-state index is 2.64. The predicted octanol–water partition coefficient (Wildman–Crippen LogP) is 12.7. The Labute approximate surface area is 241 Å². The van der Waals surface area contributed by atoms with Gasteiger partial charge in [-0.2, -0.15) is 0 Å². The fourth-order valence-electron chi connectivity index (χ4n) is 8.00.